The van der Waals surface area contributed by atoms with E-state index in [9.17, 15) is 0 Å². The molecular weight excluding hydrogens is 216 g/mol. The van der Waals surface area contributed by atoms with Gasteiger partial charge in [-0.3, -0.25) is 4.90 Å². The molecule has 90 valence electrons. The Bertz CT molecular complexity index is 308. The molecule has 1 aromatic heterocycles. The van der Waals surface area contributed by atoms with Gasteiger partial charge in [0.2, 0.25) is 0 Å². The Hall–Kier alpha value is -0.380. The molecule has 3 unspecified atom stereocenters. The van der Waals surface area contributed by atoms with Gasteiger partial charge < -0.3 is 5.73 Å². The zero-order valence-corrected chi connectivity index (χ0v) is 11.0. The lowest BCUT2D eigenvalue weighted by molar-refractivity contribution is 0.0943. The van der Waals surface area contributed by atoms with Crippen molar-refractivity contribution in [2.75, 3.05) is 6.54 Å². The monoisotopic (exact) mass is 238 g/mol. The second kappa shape index (κ2) is 5.30. The Labute approximate surface area is 102 Å². The minimum absolute atomic E-state index is 0.208. The molecule has 1 aromatic rings. The lowest BCUT2D eigenvalue weighted by Gasteiger charge is -2.41. The molecule has 2 N–H and O–H groups in total. The first-order chi connectivity index (χ1) is 7.70. The van der Waals surface area contributed by atoms with Gasteiger partial charge in [-0.05, 0) is 44.7 Å². The quantitative estimate of drug-likeness (QED) is 0.877. The van der Waals surface area contributed by atoms with Crippen molar-refractivity contribution in [1.82, 2.24) is 4.90 Å². The number of hydrogen-bond donors (Lipinski definition) is 1. The summed E-state index contributed by atoms with van der Waals surface area (Å²) in [6, 6.07) is 5.64. The molecule has 1 fully saturated rings. The molecule has 0 aliphatic carbocycles. The standard InChI is InChI=1S/C13H22N2S/c1-10-6-3-4-8-15(10)13(11(2)14)12-7-5-9-16-12/h5,7,9-11,13H,3-4,6,8,14H2,1-2H3. The van der Waals surface area contributed by atoms with Crippen LogP contribution in [0.2, 0.25) is 0 Å². The first-order valence-electron chi connectivity index (χ1n) is 6.25. The lowest BCUT2D eigenvalue weighted by atomic mass is 9.97. The lowest BCUT2D eigenvalue weighted by Crippen LogP contribution is -2.46. The summed E-state index contributed by atoms with van der Waals surface area (Å²) in [7, 11) is 0. The molecule has 1 aliphatic heterocycles. The molecule has 3 atom stereocenters. The second-order valence-electron chi connectivity index (χ2n) is 4.90. The van der Waals surface area contributed by atoms with Gasteiger partial charge in [0.25, 0.3) is 0 Å². The highest BCUT2D eigenvalue weighted by Gasteiger charge is 2.30. The fourth-order valence-electron chi connectivity index (χ4n) is 2.72. The van der Waals surface area contributed by atoms with E-state index in [0.717, 1.165) is 0 Å². The highest BCUT2D eigenvalue weighted by atomic mass is 32.1. The number of nitrogens with two attached hydrogens (primary N) is 1. The van der Waals surface area contributed by atoms with E-state index in [-0.39, 0.29) is 6.04 Å². The summed E-state index contributed by atoms with van der Waals surface area (Å²) in [4.78, 5) is 4.02. The summed E-state index contributed by atoms with van der Waals surface area (Å²) in [5.74, 6) is 0. The average molecular weight is 238 g/mol. The number of nitrogens with zero attached hydrogens (tertiary/aromatic N) is 1. The van der Waals surface area contributed by atoms with E-state index >= 15 is 0 Å². The maximum absolute atomic E-state index is 6.19. The smallest absolute Gasteiger partial charge is 0.0593 e. The van der Waals surface area contributed by atoms with E-state index in [1.165, 1.54) is 30.7 Å². The number of likely N-dealkylation sites (tertiary alicyclic amines) is 1. The van der Waals surface area contributed by atoms with Gasteiger partial charge in [-0.25, -0.2) is 0 Å². The van der Waals surface area contributed by atoms with E-state index in [1.54, 1.807) is 0 Å². The Morgan fingerprint density at radius 2 is 2.31 bits per heavy atom. The molecule has 1 aliphatic rings. The predicted octanol–water partition coefficient (Wildman–Crippen LogP) is 3.01. The van der Waals surface area contributed by atoms with Gasteiger partial charge in [-0.1, -0.05) is 12.5 Å². The van der Waals surface area contributed by atoms with Crippen LogP contribution in [0.5, 0.6) is 0 Å². The average Bonchev–Trinajstić information content (AvgIpc) is 2.74. The van der Waals surface area contributed by atoms with Gasteiger partial charge in [-0.15, -0.1) is 11.3 Å². The van der Waals surface area contributed by atoms with Crippen molar-refractivity contribution in [3.63, 3.8) is 0 Å². The first-order valence-corrected chi connectivity index (χ1v) is 7.13. The van der Waals surface area contributed by atoms with Crippen LogP contribution in [-0.2, 0) is 0 Å². The van der Waals surface area contributed by atoms with Crippen molar-refractivity contribution in [2.45, 2.75) is 51.2 Å². The third kappa shape index (κ3) is 2.47. The molecule has 3 heteroatoms. The van der Waals surface area contributed by atoms with Crippen molar-refractivity contribution in [3.05, 3.63) is 22.4 Å². The molecule has 2 heterocycles. The molecule has 0 bridgehead atoms. The van der Waals surface area contributed by atoms with Gasteiger partial charge in [0.05, 0.1) is 6.04 Å². The molecular formula is C13H22N2S. The van der Waals surface area contributed by atoms with Crippen molar-refractivity contribution in [1.29, 1.82) is 0 Å². The van der Waals surface area contributed by atoms with Gasteiger partial charge in [-0.2, -0.15) is 0 Å². The number of thiophene rings is 1. The summed E-state index contributed by atoms with van der Waals surface area (Å²) in [5.41, 5.74) is 6.19. The van der Waals surface area contributed by atoms with E-state index < -0.39 is 0 Å². The molecule has 0 aromatic carbocycles. The molecule has 2 nitrogen and oxygen atoms in total. The molecule has 0 amide bonds. The number of rotatable bonds is 3. The van der Waals surface area contributed by atoms with Crippen LogP contribution < -0.4 is 5.73 Å². The summed E-state index contributed by atoms with van der Waals surface area (Å²) < 4.78 is 0. The third-order valence-electron chi connectivity index (χ3n) is 3.54. The van der Waals surface area contributed by atoms with Crippen molar-refractivity contribution < 1.29 is 0 Å². The van der Waals surface area contributed by atoms with E-state index in [0.29, 0.717) is 12.1 Å². The summed E-state index contributed by atoms with van der Waals surface area (Å²) in [5, 5.41) is 2.15. The van der Waals surface area contributed by atoms with Gasteiger partial charge in [0, 0.05) is 17.0 Å². The third-order valence-corrected chi connectivity index (χ3v) is 4.49. The topological polar surface area (TPSA) is 29.3 Å². The first kappa shape index (κ1) is 12.1. The van der Waals surface area contributed by atoms with Crippen LogP contribution in [0.1, 0.15) is 44.0 Å². The number of piperidine rings is 1. The zero-order chi connectivity index (χ0) is 11.5. The van der Waals surface area contributed by atoms with E-state index in [2.05, 4.69) is 36.3 Å². The van der Waals surface area contributed by atoms with Crippen LogP contribution in [0.25, 0.3) is 0 Å². The van der Waals surface area contributed by atoms with Crippen molar-refractivity contribution in [3.8, 4) is 0 Å². The van der Waals surface area contributed by atoms with Gasteiger partial charge in [0.1, 0.15) is 0 Å². The van der Waals surface area contributed by atoms with E-state index in [4.69, 9.17) is 5.73 Å². The SMILES string of the molecule is CC(N)C(c1cccs1)N1CCCCC1C. The normalized spacial score (nSPS) is 26.6. The molecule has 0 spiro atoms. The van der Waals surface area contributed by atoms with Crippen LogP contribution in [0, 0.1) is 0 Å². The van der Waals surface area contributed by atoms with E-state index in [1.807, 2.05) is 11.3 Å². The van der Waals surface area contributed by atoms with Crippen LogP contribution in [-0.4, -0.2) is 23.5 Å². The van der Waals surface area contributed by atoms with Crippen molar-refractivity contribution >= 4 is 11.3 Å². The molecule has 16 heavy (non-hydrogen) atoms. The largest absolute Gasteiger partial charge is 0.326 e. The minimum atomic E-state index is 0.208. The summed E-state index contributed by atoms with van der Waals surface area (Å²) >= 11 is 1.83. The maximum atomic E-state index is 6.19. The minimum Gasteiger partial charge on any atom is -0.326 e. The molecule has 2 rings (SSSR count). The van der Waals surface area contributed by atoms with Crippen LogP contribution in [0.3, 0.4) is 0 Å². The van der Waals surface area contributed by atoms with Gasteiger partial charge in [0.15, 0.2) is 0 Å². The Morgan fingerprint density at radius 3 is 2.88 bits per heavy atom. The summed E-state index contributed by atoms with van der Waals surface area (Å²) in [6.45, 7) is 5.67. The number of hydrogen-bond acceptors (Lipinski definition) is 3. The maximum Gasteiger partial charge on any atom is 0.0593 e. The van der Waals surface area contributed by atoms with Crippen molar-refractivity contribution in [2.24, 2.45) is 5.73 Å². The van der Waals surface area contributed by atoms with Crippen LogP contribution >= 0.6 is 11.3 Å². The second-order valence-corrected chi connectivity index (χ2v) is 5.88. The molecule has 0 radical (unpaired) electrons. The Kier molecular flexibility index (Phi) is 4.00. The predicted molar refractivity (Wildman–Crippen MR) is 70.7 cm³/mol. The highest BCUT2D eigenvalue weighted by Crippen LogP contribution is 2.32. The Morgan fingerprint density at radius 1 is 1.50 bits per heavy atom. The fourth-order valence-corrected chi connectivity index (χ4v) is 3.68. The summed E-state index contributed by atoms with van der Waals surface area (Å²) in [6.07, 6.45) is 4.00. The Balaban J connectivity index is 2.18. The highest BCUT2D eigenvalue weighted by molar-refractivity contribution is 7.10. The van der Waals surface area contributed by atoms with Gasteiger partial charge >= 0.3 is 0 Å². The fraction of sp³-hybridized carbons (Fsp3) is 0.692. The molecule has 1 saturated heterocycles. The van der Waals surface area contributed by atoms with Crippen LogP contribution in [0.4, 0.5) is 0 Å². The molecule has 0 saturated carbocycles. The van der Waals surface area contributed by atoms with Crippen LogP contribution in [0.15, 0.2) is 17.5 Å². The zero-order valence-electron chi connectivity index (χ0n) is 10.2.